The maximum Gasteiger partial charge on any atom is 0.331 e. The molecule has 0 saturated carbocycles. The van der Waals surface area contributed by atoms with E-state index in [1.807, 2.05) is 41.8 Å². The normalized spacial score (nSPS) is 10.4. The quantitative estimate of drug-likeness (QED) is 0.639. The maximum atomic E-state index is 12.9. The van der Waals surface area contributed by atoms with Crippen LogP contribution < -0.4 is 16.6 Å². The van der Waals surface area contributed by atoms with Crippen LogP contribution in [0.1, 0.15) is 34.9 Å². The predicted octanol–water partition coefficient (Wildman–Crippen LogP) is 1.88. The first-order valence-corrected chi connectivity index (χ1v) is 10.00. The lowest BCUT2D eigenvalue weighted by Gasteiger charge is -2.14. The van der Waals surface area contributed by atoms with Gasteiger partial charge < -0.3 is 9.88 Å². The van der Waals surface area contributed by atoms with E-state index in [2.05, 4.69) is 11.4 Å². The first kappa shape index (κ1) is 22.3. The second-order valence-electron chi connectivity index (χ2n) is 7.28. The van der Waals surface area contributed by atoms with Gasteiger partial charge in [-0.3, -0.25) is 14.2 Å². The maximum absolute atomic E-state index is 12.9. The summed E-state index contributed by atoms with van der Waals surface area (Å²) in [6.45, 7) is 5.44. The van der Waals surface area contributed by atoms with Gasteiger partial charge in [-0.15, -0.1) is 0 Å². The van der Waals surface area contributed by atoms with Crippen LogP contribution in [0.2, 0.25) is 0 Å². The molecule has 1 N–H and O–H groups in total. The molecule has 162 valence electrons. The van der Waals surface area contributed by atoms with E-state index in [0.717, 1.165) is 21.4 Å². The van der Waals surface area contributed by atoms with Crippen LogP contribution in [-0.2, 0) is 24.4 Å². The average molecular weight is 430 g/mol. The lowest BCUT2D eigenvalue weighted by Crippen LogP contribution is -2.43. The Morgan fingerprint density at radius 2 is 1.75 bits per heavy atom. The molecule has 1 aromatic carbocycles. The Bertz CT molecular complexity index is 1380. The van der Waals surface area contributed by atoms with Crippen molar-refractivity contribution in [3.63, 3.8) is 0 Å². The summed E-state index contributed by atoms with van der Waals surface area (Å²) in [5, 5.41) is 21.6. The molecule has 0 bridgehead atoms. The number of nitrogens with zero attached hydrogens (tertiary/aromatic N) is 5. The van der Waals surface area contributed by atoms with E-state index >= 15 is 0 Å². The summed E-state index contributed by atoms with van der Waals surface area (Å²) in [6, 6.07) is 13.5. The third kappa shape index (κ3) is 4.09. The summed E-state index contributed by atoms with van der Waals surface area (Å²) in [7, 11) is 0. The molecule has 9 nitrogen and oxygen atoms in total. The third-order valence-corrected chi connectivity index (χ3v) is 5.38. The van der Waals surface area contributed by atoms with E-state index in [9.17, 15) is 24.9 Å². The number of nitriles is 2. The van der Waals surface area contributed by atoms with Crippen LogP contribution in [0, 0.1) is 36.5 Å². The molecule has 0 atom stereocenters. The summed E-state index contributed by atoms with van der Waals surface area (Å²) in [5.74, 6) is -0.345. The van der Waals surface area contributed by atoms with Crippen molar-refractivity contribution in [2.75, 3.05) is 5.32 Å². The minimum Gasteiger partial charge on any atom is -0.326 e. The number of carbonyl (C=O) groups is 1. The molecule has 0 fully saturated rings. The molecule has 0 aliphatic heterocycles. The molecule has 3 rings (SSSR count). The Morgan fingerprint density at radius 1 is 1.06 bits per heavy atom. The van der Waals surface area contributed by atoms with Crippen LogP contribution in [0.25, 0.3) is 0 Å². The van der Waals surface area contributed by atoms with Gasteiger partial charge in [0.25, 0.3) is 5.56 Å². The Kier molecular flexibility index (Phi) is 6.41. The smallest absolute Gasteiger partial charge is 0.326 e. The van der Waals surface area contributed by atoms with Crippen molar-refractivity contribution in [3.05, 3.63) is 85.3 Å². The third-order valence-electron chi connectivity index (χ3n) is 5.38. The molecule has 2 aromatic heterocycles. The lowest BCUT2D eigenvalue weighted by atomic mass is 10.2. The number of hydrogen-bond donors (Lipinski definition) is 1. The van der Waals surface area contributed by atoms with Gasteiger partial charge in [0.1, 0.15) is 30.1 Å². The number of aromatic nitrogens is 3. The lowest BCUT2D eigenvalue weighted by molar-refractivity contribution is -0.116. The van der Waals surface area contributed by atoms with Gasteiger partial charge in [0.15, 0.2) is 0 Å². The monoisotopic (exact) mass is 430 g/mol. The minimum atomic E-state index is -0.829. The molecule has 0 aliphatic rings. The molecule has 0 unspecified atom stereocenters. The van der Waals surface area contributed by atoms with Crippen LogP contribution in [0.4, 0.5) is 5.82 Å². The topological polar surface area (TPSA) is 126 Å². The number of benzene rings is 1. The zero-order valence-corrected chi connectivity index (χ0v) is 18.0. The summed E-state index contributed by atoms with van der Waals surface area (Å²) >= 11 is 0. The first-order chi connectivity index (χ1) is 15.3. The molecule has 0 saturated heterocycles. The van der Waals surface area contributed by atoms with E-state index in [1.165, 1.54) is 10.8 Å². The average Bonchev–Trinajstić information content (AvgIpc) is 3.01. The van der Waals surface area contributed by atoms with Crippen LogP contribution in [0.5, 0.6) is 0 Å². The standard InChI is InChI=1S/C23H22N6O3/c1-4-27-13-18(10-24)22(31)29(23(27)32)14-20(30)26-21-19(11-25)15(2)16(3)28(21)12-17-8-6-5-7-9-17/h5-9,13H,4,12,14H2,1-3H3,(H,26,30). The fourth-order valence-corrected chi connectivity index (χ4v) is 3.51. The molecule has 0 spiro atoms. The number of nitrogens with one attached hydrogen (secondary N) is 1. The van der Waals surface area contributed by atoms with E-state index in [-0.39, 0.29) is 12.1 Å². The molecular formula is C23H22N6O3. The molecule has 3 aromatic rings. The zero-order valence-electron chi connectivity index (χ0n) is 18.0. The van der Waals surface area contributed by atoms with Crippen LogP contribution >= 0.6 is 0 Å². The fourth-order valence-electron chi connectivity index (χ4n) is 3.51. The van der Waals surface area contributed by atoms with Gasteiger partial charge >= 0.3 is 5.69 Å². The van der Waals surface area contributed by atoms with Crippen molar-refractivity contribution in [3.8, 4) is 12.1 Å². The van der Waals surface area contributed by atoms with Crippen molar-refractivity contribution in [1.29, 1.82) is 10.5 Å². The van der Waals surface area contributed by atoms with Crippen molar-refractivity contribution in [1.82, 2.24) is 13.7 Å². The Labute approximate surface area is 184 Å². The summed E-state index contributed by atoms with van der Waals surface area (Å²) in [5.41, 5.74) is 1.11. The van der Waals surface area contributed by atoms with E-state index in [0.29, 0.717) is 17.9 Å². The molecule has 0 aliphatic carbocycles. The number of rotatable bonds is 6. The summed E-state index contributed by atoms with van der Waals surface area (Å²) in [6.07, 6.45) is 1.19. The highest BCUT2D eigenvalue weighted by Gasteiger charge is 2.21. The molecule has 2 heterocycles. The number of hydrogen-bond acceptors (Lipinski definition) is 5. The largest absolute Gasteiger partial charge is 0.331 e. The van der Waals surface area contributed by atoms with Gasteiger partial charge in [0.2, 0.25) is 5.91 Å². The van der Waals surface area contributed by atoms with E-state index < -0.39 is 23.7 Å². The minimum absolute atomic E-state index is 0.226. The number of carbonyl (C=O) groups excluding carboxylic acids is 1. The van der Waals surface area contributed by atoms with Crippen molar-refractivity contribution in [2.24, 2.45) is 0 Å². The fraction of sp³-hybridized carbons (Fsp3) is 0.261. The highest BCUT2D eigenvalue weighted by Crippen LogP contribution is 2.27. The van der Waals surface area contributed by atoms with E-state index in [4.69, 9.17) is 0 Å². The highest BCUT2D eigenvalue weighted by atomic mass is 16.2. The van der Waals surface area contributed by atoms with Crippen molar-refractivity contribution < 1.29 is 4.79 Å². The molecule has 1 amide bonds. The molecule has 0 radical (unpaired) electrons. The second-order valence-corrected chi connectivity index (χ2v) is 7.28. The SMILES string of the molecule is CCn1cc(C#N)c(=O)n(CC(=O)Nc2c(C#N)c(C)c(C)n2Cc2ccccc2)c1=O. The van der Waals surface area contributed by atoms with Crippen LogP contribution in [-0.4, -0.2) is 19.6 Å². The predicted molar refractivity (Wildman–Crippen MR) is 118 cm³/mol. The molecular weight excluding hydrogens is 408 g/mol. The highest BCUT2D eigenvalue weighted by molar-refractivity contribution is 5.91. The zero-order chi connectivity index (χ0) is 23.4. The van der Waals surface area contributed by atoms with Crippen LogP contribution in [0.15, 0.2) is 46.1 Å². The Hall–Kier alpha value is -4.37. The molecule has 32 heavy (non-hydrogen) atoms. The van der Waals surface area contributed by atoms with Crippen molar-refractivity contribution in [2.45, 2.75) is 40.4 Å². The Balaban J connectivity index is 2.00. The number of anilines is 1. The van der Waals surface area contributed by atoms with Crippen molar-refractivity contribution >= 4 is 11.7 Å². The van der Waals surface area contributed by atoms with Gasteiger partial charge in [0.05, 0.1) is 5.56 Å². The van der Waals surface area contributed by atoms with Gasteiger partial charge in [-0.1, -0.05) is 30.3 Å². The Morgan fingerprint density at radius 3 is 2.34 bits per heavy atom. The summed E-state index contributed by atoms with van der Waals surface area (Å²) < 4.78 is 3.74. The van der Waals surface area contributed by atoms with Crippen LogP contribution in [0.3, 0.4) is 0 Å². The van der Waals surface area contributed by atoms with Gasteiger partial charge in [-0.25, -0.2) is 9.36 Å². The summed E-state index contributed by atoms with van der Waals surface area (Å²) in [4.78, 5) is 37.9. The molecule has 9 heteroatoms. The first-order valence-electron chi connectivity index (χ1n) is 10.00. The number of aryl methyl sites for hydroxylation is 1. The van der Waals surface area contributed by atoms with Gasteiger partial charge in [0, 0.05) is 25.0 Å². The second kappa shape index (κ2) is 9.19. The van der Waals surface area contributed by atoms with Gasteiger partial charge in [-0.05, 0) is 31.9 Å². The number of amides is 1. The van der Waals surface area contributed by atoms with Gasteiger partial charge in [-0.2, -0.15) is 10.5 Å². The van der Waals surface area contributed by atoms with E-state index in [1.54, 1.807) is 19.9 Å².